The molecule has 2 fully saturated rings. The third-order valence-corrected chi connectivity index (χ3v) is 5.23. The first kappa shape index (κ1) is 17.0. The number of hydrogen-bond acceptors (Lipinski definition) is 5. The predicted octanol–water partition coefficient (Wildman–Crippen LogP) is 3.66. The molecule has 2 N–H and O–H groups in total. The van der Waals surface area contributed by atoms with Gasteiger partial charge in [-0.05, 0) is 50.5 Å². The zero-order chi connectivity index (χ0) is 18.0. The Morgan fingerprint density at radius 1 is 1.19 bits per heavy atom. The summed E-state index contributed by atoms with van der Waals surface area (Å²) in [5, 5.41) is 9.68. The summed E-state index contributed by atoms with van der Waals surface area (Å²) < 4.78 is 11.2. The van der Waals surface area contributed by atoms with E-state index in [-0.39, 0.29) is 17.7 Å². The SMILES string of the molecule is Cc1noc(-c2ccc(NC(=O)N[C@H]3COC4(CCCCC4)C3)cc2)n1. The van der Waals surface area contributed by atoms with Crippen molar-refractivity contribution in [1.29, 1.82) is 0 Å². The second-order valence-electron chi connectivity index (χ2n) is 7.28. The van der Waals surface area contributed by atoms with Crippen molar-refractivity contribution in [2.75, 3.05) is 11.9 Å². The van der Waals surface area contributed by atoms with E-state index >= 15 is 0 Å². The normalized spacial score (nSPS) is 21.7. The van der Waals surface area contributed by atoms with Gasteiger partial charge in [0.25, 0.3) is 5.89 Å². The minimum absolute atomic E-state index is 0.0000519. The fourth-order valence-electron chi connectivity index (χ4n) is 3.94. The lowest BCUT2D eigenvalue weighted by atomic mass is 9.82. The number of rotatable bonds is 3. The van der Waals surface area contributed by atoms with E-state index in [1.165, 1.54) is 19.3 Å². The molecule has 7 nitrogen and oxygen atoms in total. The number of ether oxygens (including phenoxy) is 1. The molecule has 4 rings (SSSR count). The predicted molar refractivity (Wildman–Crippen MR) is 96.8 cm³/mol. The van der Waals surface area contributed by atoms with Gasteiger partial charge in [0.2, 0.25) is 0 Å². The van der Waals surface area contributed by atoms with E-state index in [4.69, 9.17) is 9.26 Å². The Labute approximate surface area is 152 Å². The Balaban J connectivity index is 1.31. The topological polar surface area (TPSA) is 89.3 Å². The van der Waals surface area contributed by atoms with Crippen molar-refractivity contribution in [3.63, 3.8) is 0 Å². The summed E-state index contributed by atoms with van der Waals surface area (Å²) >= 11 is 0. The molecule has 1 aliphatic heterocycles. The van der Waals surface area contributed by atoms with Gasteiger partial charge < -0.3 is 19.9 Å². The molecule has 2 aromatic rings. The van der Waals surface area contributed by atoms with Gasteiger partial charge in [-0.2, -0.15) is 4.98 Å². The second-order valence-corrected chi connectivity index (χ2v) is 7.28. The van der Waals surface area contributed by atoms with Crippen LogP contribution < -0.4 is 10.6 Å². The first-order chi connectivity index (χ1) is 12.6. The number of hydrogen-bond donors (Lipinski definition) is 2. The monoisotopic (exact) mass is 356 g/mol. The van der Waals surface area contributed by atoms with Crippen LogP contribution in [0.5, 0.6) is 0 Å². The van der Waals surface area contributed by atoms with Crippen LogP contribution in [0.4, 0.5) is 10.5 Å². The lowest BCUT2D eigenvalue weighted by Crippen LogP contribution is -2.39. The molecule has 2 heterocycles. The van der Waals surface area contributed by atoms with E-state index in [9.17, 15) is 4.79 Å². The number of aromatic nitrogens is 2. The average molecular weight is 356 g/mol. The van der Waals surface area contributed by atoms with Crippen LogP contribution in [0.3, 0.4) is 0 Å². The van der Waals surface area contributed by atoms with Crippen LogP contribution in [0, 0.1) is 6.92 Å². The molecule has 0 bridgehead atoms. The van der Waals surface area contributed by atoms with E-state index in [0.29, 0.717) is 24.0 Å². The molecule has 1 spiro atoms. The minimum atomic E-state index is -0.201. The highest BCUT2D eigenvalue weighted by atomic mass is 16.5. The van der Waals surface area contributed by atoms with E-state index in [1.54, 1.807) is 6.92 Å². The number of carbonyl (C=O) groups excluding carboxylic acids is 1. The molecule has 7 heteroatoms. The molecular formula is C19H24N4O3. The Bertz CT molecular complexity index is 765. The fourth-order valence-corrected chi connectivity index (χ4v) is 3.94. The lowest BCUT2D eigenvalue weighted by Gasteiger charge is -2.32. The van der Waals surface area contributed by atoms with Crippen molar-refractivity contribution in [1.82, 2.24) is 15.5 Å². The first-order valence-electron chi connectivity index (χ1n) is 9.24. The van der Waals surface area contributed by atoms with Crippen LogP contribution in [0.15, 0.2) is 28.8 Å². The third-order valence-electron chi connectivity index (χ3n) is 5.23. The summed E-state index contributed by atoms with van der Waals surface area (Å²) in [6.07, 6.45) is 6.89. The van der Waals surface area contributed by atoms with Gasteiger partial charge in [0.1, 0.15) is 0 Å². The zero-order valence-electron chi connectivity index (χ0n) is 15.0. The second kappa shape index (κ2) is 7.07. The van der Waals surface area contributed by atoms with Crippen LogP contribution in [-0.4, -0.2) is 34.4 Å². The van der Waals surface area contributed by atoms with Gasteiger partial charge in [0, 0.05) is 11.3 Å². The van der Waals surface area contributed by atoms with Crippen LogP contribution in [0.1, 0.15) is 44.3 Å². The molecule has 1 aromatic carbocycles. The largest absolute Gasteiger partial charge is 0.373 e. The number of carbonyl (C=O) groups is 1. The minimum Gasteiger partial charge on any atom is -0.373 e. The van der Waals surface area contributed by atoms with Crippen LogP contribution in [0.2, 0.25) is 0 Å². The highest BCUT2D eigenvalue weighted by Gasteiger charge is 2.41. The lowest BCUT2D eigenvalue weighted by molar-refractivity contribution is -0.0245. The fraction of sp³-hybridized carbons (Fsp3) is 0.526. The van der Waals surface area contributed by atoms with Crippen LogP contribution in [-0.2, 0) is 4.74 Å². The molecule has 26 heavy (non-hydrogen) atoms. The molecular weight excluding hydrogens is 332 g/mol. The Morgan fingerprint density at radius 3 is 2.65 bits per heavy atom. The van der Waals surface area contributed by atoms with E-state index < -0.39 is 0 Å². The number of aryl methyl sites for hydroxylation is 1. The summed E-state index contributed by atoms with van der Waals surface area (Å²) in [5.41, 5.74) is 1.54. The Kier molecular flexibility index (Phi) is 4.63. The summed E-state index contributed by atoms with van der Waals surface area (Å²) in [6, 6.07) is 7.21. The zero-order valence-corrected chi connectivity index (χ0v) is 15.0. The first-order valence-corrected chi connectivity index (χ1v) is 9.24. The van der Waals surface area contributed by atoms with Crippen LogP contribution >= 0.6 is 0 Å². The maximum absolute atomic E-state index is 12.3. The molecule has 1 saturated carbocycles. The Morgan fingerprint density at radius 2 is 1.96 bits per heavy atom. The molecule has 138 valence electrons. The standard InChI is InChI=1S/C19H24N4O3/c1-13-20-17(26-23-13)14-5-7-15(8-6-14)21-18(24)22-16-11-19(25-12-16)9-3-2-4-10-19/h5-8,16H,2-4,9-12H2,1H3,(H2,21,22,24)/t16-/m1/s1. The van der Waals surface area contributed by atoms with Gasteiger partial charge in [-0.25, -0.2) is 4.79 Å². The van der Waals surface area contributed by atoms with Crippen molar-refractivity contribution < 1.29 is 14.1 Å². The van der Waals surface area contributed by atoms with E-state index in [0.717, 1.165) is 24.8 Å². The molecule has 2 aliphatic rings. The number of anilines is 1. The molecule has 0 unspecified atom stereocenters. The molecule has 2 amide bonds. The third kappa shape index (κ3) is 3.72. The van der Waals surface area contributed by atoms with E-state index in [1.807, 2.05) is 24.3 Å². The summed E-state index contributed by atoms with van der Waals surface area (Å²) in [4.78, 5) is 16.5. The summed E-state index contributed by atoms with van der Waals surface area (Å²) in [5.74, 6) is 1.07. The van der Waals surface area contributed by atoms with E-state index in [2.05, 4.69) is 20.8 Å². The van der Waals surface area contributed by atoms with Gasteiger partial charge >= 0.3 is 6.03 Å². The number of amides is 2. The van der Waals surface area contributed by atoms with Crippen molar-refractivity contribution >= 4 is 11.7 Å². The quantitative estimate of drug-likeness (QED) is 0.876. The highest BCUT2D eigenvalue weighted by Crippen LogP contribution is 2.39. The molecule has 0 radical (unpaired) electrons. The van der Waals surface area contributed by atoms with Gasteiger partial charge in [-0.15, -0.1) is 0 Å². The highest BCUT2D eigenvalue weighted by molar-refractivity contribution is 5.89. The van der Waals surface area contributed by atoms with Crippen molar-refractivity contribution in [3.8, 4) is 11.5 Å². The van der Waals surface area contributed by atoms with Crippen LogP contribution in [0.25, 0.3) is 11.5 Å². The maximum Gasteiger partial charge on any atom is 0.319 e. The van der Waals surface area contributed by atoms with Gasteiger partial charge in [-0.3, -0.25) is 0 Å². The number of benzene rings is 1. The summed E-state index contributed by atoms with van der Waals surface area (Å²) in [7, 11) is 0. The van der Waals surface area contributed by atoms with Gasteiger partial charge in [0.05, 0.1) is 18.2 Å². The number of nitrogens with zero attached hydrogens (tertiary/aromatic N) is 2. The smallest absolute Gasteiger partial charge is 0.319 e. The Hall–Kier alpha value is -2.41. The number of urea groups is 1. The van der Waals surface area contributed by atoms with Gasteiger partial charge in [-0.1, -0.05) is 24.4 Å². The molecule has 1 aliphatic carbocycles. The average Bonchev–Trinajstić information content (AvgIpc) is 3.23. The molecule has 1 atom stereocenters. The number of nitrogens with one attached hydrogen (secondary N) is 2. The van der Waals surface area contributed by atoms with Crippen molar-refractivity contribution in [2.24, 2.45) is 0 Å². The molecule has 1 aromatic heterocycles. The van der Waals surface area contributed by atoms with Crippen molar-refractivity contribution in [2.45, 2.75) is 57.1 Å². The van der Waals surface area contributed by atoms with Crippen molar-refractivity contribution in [3.05, 3.63) is 30.1 Å². The summed E-state index contributed by atoms with van der Waals surface area (Å²) in [6.45, 7) is 2.38. The molecule has 1 saturated heterocycles. The maximum atomic E-state index is 12.3. The van der Waals surface area contributed by atoms with Gasteiger partial charge in [0.15, 0.2) is 5.82 Å².